The monoisotopic (exact) mass is 518 g/mol. The van der Waals surface area contributed by atoms with E-state index in [0.717, 1.165) is 37.1 Å². The Morgan fingerprint density at radius 3 is 2.38 bits per heavy atom. The fourth-order valence-electron chi connectivity index (χ4n) is 3.92. The second-order valence-corrected chi connectivity index (χ2v) is 7.38. The number of aliphatic imine (C=N–C) groups is 1. The van der Waals surface area contributed by atoms with Crippen LogP contribution in [0.3, 0.4) is 0 Å². The van der Waals surface area contributed by atoms with Gasteiger partial charge in [0.1, 0.15) is 23.9 Å². The Balaban J connectivity index is 0.00000300. The van der Waals surface area contributed by atoms with E-state index in [9.17, 15) is 8.78 Å². The summed E-state index contributed by atoms with van der Waals surface area (Å²) in [4.78, 5) is 8.86. The maximum atomic E-state index is 14.5. The molecule has 2 N–H and O–H groups in total. The van der Waals surface area contributed by atoms with E-state index in [1.807, 2.05) is 20.8 Å². The first-order chi connectivity index (χ1) is 13.4. The van der Waals surface area contributed by atoms with E-state index in [1.165, 1.54) is 18.2 Å². The second-order valence-electron chi connectivity index (χ2n) is 7.38. The quantitative estimate of drug-likeness (QED) is 0.329. The Labute approximate surface area is 187 Å². The van der Waals surface area contributed by atoms with Crippen molar-refractivity contribution in [1.29, 1.82) is 0 Å². The molecule has 0 unspecified atom stereocenters. The predicted molar refractivity (Wildman–Crippen MR) is 121 cm³/mol. The van der Waals surface area contributed by atoms with Crippen LogP contribution in [-0.2, 0) is 12.0 Å². The molecule has 0 radical (unpaired) electrons. The Kier molecular flexibility index (Phi) is 8.42. The van der Waals surface area contributed by atoms with Crippen LogP contribution in [0.4, 0.5) is 8.78 Å². The Morgan fingerprint density at radius 1 is 1.17 bits per heavy atom. The van der Waals surface area contributed by atoms with Crippen LogP contribution in [0.2, 0.25) is 0 Å². The van der Waals surface area contributed by atoms with Crippen LogP contribution in [0.15, 0.2) is 27.6 Å². The minimum absolute atomic E-state index is 0. The highest BCUT2D eigenvalue weighted by Gasteiger charge is 2.39. The summed E-state index contributed by atoms with van der Waals surface area (Å²) in [6.45, 7) is 7.12. The van der Waals surface area contributed by atoms with Crippen molar-refractivity contribution in [3.05, 3.63) is 52.7 Å². The molecule has 0 amide bonds. The Bertz CT molecular complexity index is 807. The number of nitrogens with zero attached hydrogens (tertiary/aromatic N) is 2. The van der Waals surface area contributed by atoms with Gasteiger partial charge in [0, 0.05) is 24.1 Å². The lowest BCUT2D eigenvalue weighted by atomic mass is 9.78. The van der Waals surface area contributed by atoms with E-state index in [1.54, 1.807) is 0 Å². The maximum Gasteiger partial charge on any atom is 0.216 e. The molecule has 1 aromatic carbocycles. The third-order valence-electron chi connectivity index (χ3n) is 5.44. The lowest BCUT2D eigenvalue weighted by Gasteiger charge is -2.31. The number of nitrogens with one attached hydrogen (secondary N) is 2. The van der Waals surface area contributed by atoms with E-state index < -0.39 is 17.0 Å². The third-order valence-corrected chi connectivity index (χ3v) is 5.44. The van der Waals surface area contributed by atoms with Crippen LogP contribution >= 0.6 is 24.0 Å². The molecule has 0 bridgehead atoms. The smallest absolute Gasteiger partial charge is 0.216 e. The van der Waals surface area contributed by atoms with Crippen molar-refractivity contribution < 1.29 is 13.2 Å². The molecule has 3 rings (SSSR count). The van der Waals surface area contributed by atoms with Crippen LogP contribution in [-0.4, -0.2) is 24.0 Å². The summed E-state index contributed by atoms with van der Waals surface area (Å²) in [5.74, 6) is 0.956. The average Bonchev–Trinajstić information content (AvgIpc) is 3.25. The molecule has 29 heavy (non-hydrogen) atoms. The average molecular weight is 518 g/mol. The standard InChI is InChI=1S/C21H28F2N4O.HI/c1-4-24-20(25-12-18-27-14(2)15(3)28-18)26-13-21(10-5-6-11-21)19-16(22)8-7-9-17(19)23;/h7-9H,4-6,10-13H2,1-3H3,(H2,24,25,26);1H. The fraction of sp³-hybridized carbons (Fsp3) is 0.524. The summed E-state index contributed by atoms with van der Waals surface area (Å²) in [6, 6.07) is 4.09. The first-order valence-corrected chi connectivity index (χ1v) is 9.85. The fourth-order valence-corrected chi connectivity index (χ4v) is 3.92. The molecule has 0 spiro atoms. The molecule has 0 atom stereocenters. The highest BCUT2D eigenvalue weighted by atomic mass is 127. The van der Waals surface area contributed by atoms with Gasteiger partial charge in [-0.1, -0.05) is 18.9 Å². The van der Waals surface area contributed by atoms with E-state index in [2.05, 4.69) is 20.6 Å². The number of hydrogen-bond donors (Lipinski definition) is 2. The summed E-state index contributed by atoms with van der Waals surface area (Å²) in [6.07, 6.45) is 3.40. The molecule has 1 fully saturated rings. The number of halogens is 3. The topological polar surface area (TPSA) is 62.5 Å². The summed E-state index contributed by atoms with van der Waals surface area (Å²) < 4.78 is 34.6. The number of rotatable bonds is 6. The van der Waals surface area contributed by atoms with Crippen molar-refractivity contribution in [2.24, 2.45) is 4.99 Å². The molecule has 1 aliphatic carbocycles. The van der Waals surface area contributed by atoms with Gasteiger partial charge in [-0.2, -0.15) is 0 Å². The molecular weight excluding hydrogens is 489 g/mol. The first-order valence-electron chi connectivity index (χ1n) is 9.85. The van der Waals surface area contributed by atoms with Gasteiger partial charge in [-0.15, -0.1) is 24.0 Å². The lowest BCUT2D eigenvalue weighted by Crippen LogP contribution is -2.45. The van der Waals surface area contributed by atoms with Crippen LogP contribution in [0.5, 0.6) is 0 Å². The van der Waals surface area contributed by atoms with Gasteiger partial charge >= 0.3 is 0 Å². The molecule has 1 saturated carbocycles. The van der Waals surface area contributed by atoms with Gasteiger partial charge in [0.15, 0.2) is 5.96 Å². The zero-order chi connectivity index (χ0) is 20.1. The zero-order valence-corrected chi connectivity index (χ0v) is 19.5. The molecule has 160 valence electrons. The minimum Gasteiger partial charge on any atom is -0.444 e. The molecule has 2 aromatic rings. The van der Waals surface area contributed by atoms with Crippen molar-refractivity contribution >= 4 is 29.9 Å². The molecular formula is C21H29F2IN4O. The lowest BCUT2D eigenvalue weighted by molar-refractivity contribution is 0.386. The maximum absolute atomic E-state index is 14.5. The molecule has 5 nitrogen and oxygen atoms in total. The minimum atomic E-state index is -0.568. The van der Waals surface area contributed by atoms with E-state index in [0.29, 0.717) is 31.5 Å². The first kappa shape index (κ1) is 23.6. The van der Waals surface area contributed by atoms with Crippen molar-refractivity contribution in [1.82, 2.24) is 15.6 Å². The van der Waals surface area contributed by atoms with Crippen molar-refractivity contribution in [3.63, 3.8) is 0 Å². The number of oxazole rings is 1. The van der Waals surface area contributed by atoms with Crippen LogP contribution in [0.25, 0.3) is 0 Å². The molecule has 8 heteroatoms. The Morgan fingerprint density at radius 2 is 1.83 bits per heavy atom. The summed E-state index contributed by atoms with van der Waals surface area (Å²) in [5.41, 5.74) is 0.472. The number of guanidine groups is 1. The van der Waals surface area contributed by atoms with Crippen LogP contribution in [0.1, 0.15) is 55.5 Å². The van der Waals surface area contributed by atoms with Crippen molar-refractivity contribution in [3.8, 4) is 0 Å². The number of aromatic nitrogens is 1. The van der Waals surface area contributed by atoms with Crippen LogP contribution < -0.4 is 10.6 Å². The Hall–Kier alpha value is -1.71. The van der Waals surface area contributed by atoms with Gasteiger partial charge in [-0.05, 0) is 45.7 Å². The molecule has 1 aliphatic rings. The van der Waals surface area contributed by atoms with E-state index in [-0.39, 0.29) is 29.5 Å². The normalized spacial score (nSPS) is 15.8. The third kappa shape index (κ3) is 5.46. The van der Waals surface area contributed by atoms with Gasteiger partial charge < -0.3 is 15.1 Å². The van der Waals surface area contributed by atoms with Gasteiger partial charge in [-0.25, -0.2) is 18.8 Å². The highest BCUT2D eigenvalue weighted by Crippen LogP contribution is 2.42. The SMILES string of the molecule is CCNC(=NCc1nc(C)c(C)o1)NCC1(c2c(F)cccc2F)CCCC1.I. The number of benzene rings is 1. The van der Waals surface area contributed by atoms with E-state index >= 15 is 0 Å². The highest BCUT2D eigenvalue weighted by molar-refractivity contribution is 14.0. The number of hydrogen-bond acceptors (Lipinski definition) is 3. The largest absolute Gasteiger partial charge is 0.444 e. The zero-order valence-electron chi connectivity index (χ0n) is 17.1. The molecule has 1 heterocycles. The molecule has 0 saturated heterocycles. The molecule has 0 aliphatic heterocycles. The predicted octanol–water partition coefficient (Wildman–Crippen LogP) is 4.75. The van der Waals surface area contributed by atoms with Gasteiger partial charge in [0.05, 0.1) is 5.69 Å². The van der Waals surface area contributed by atoms with Gasteiger partial charge in [0.2, 0.25) is 5.89 Å². The summed E-state index contributed by atoms with van der Waals surface area (Å²) >= 11 is 0. The van der Waals surface area contributed by atoms with Crippen molar-refractivity contribution in [2.45, 2.75) is 58.4 Å². The molecule has 1 aromatic heterocycles. The van der Waals surface area contributed by atoms with Gasteiger partial charge in [0.25, 0.3) is 0 Å². The number of aryl methyl sites for hydroxylation is 2. The van der Waals surface area contributed by atoms with E-state index in [4.69, 9.17) is 4.42 Å². The summed E-state index contributed by atoms with van der Waals surface area (Å²) in [7, 11) is 0. The summed E-state index contributed by atoms with van der Waals surface area (Å²) in [5, 5.41) is 6.46. The van der Waals surface area contributed by atoms with Gasteiger partial charge in [-0.3, -0.25) is 0 Å². The van der Waals surface area contributed by atoms with Crippen molar-refractivity contribution in [2.75, 3.05) is 13.1 Å². The van der Waals surface area contributed by atoms with Crippen LogP contribution in [0, 0.1) is 25.5 Å². The second kappa shape index (κ2) is 10.4.